The fourth-order valence-corrected chi connectivity index (χ4v) is 1.79. The number of rotatable bonds is 5. The highest BCUT2D eigenvalue weighted by Gasteiger charge is 2.30. The van der Waals surface area contributed by atoms with Gasteiger partial charge in [-0.15, -0.1) is 0 Å². The zero-order valence-electron chi connectivity index (χ0n) is 11.0. The van der Waals surface area contributed by atoms with Crippen molar-refractivity contribution in [3.05, 3.63) is 41.8 Å². The van der Waals surface area contributed by atoms with Crippen LogP contribution in [0.15, 0.2) is 34.9 Å². The summed E-state index contributed by atoms with van der Waals surface area (Å²) in [5, 5.41) is 3.25. The maximum atomic E-state index is 12.6. The van der Waals surface area contributed by atoms with E-state index in [4.69, 9.17) is 9.15 Å². The molecule has 2 aromatic rings. The van der Waals surface area contributed by atoms with E-state index in [0.717, 1.165) is 25.0 Å². The van der Waals surface area contributed by atoms with Crippen LogP contribution in [0.2, 0.25) is 0 Å². The molecule has 1 saturated carbocycles. The Morgan fingerprint density at radius 2 is 2.14 bits per heavy atom. The molecule has 4 nitrogen and oxygen atoms in total. The molecule has 0 saturated heterocycles. The van der Waals surface area contributed by atoms with E-state index in [1.807, 2.05) is 0 Å². The number of oxazole rings is 1. The summed E-state index contributed by atoms with van der Waals surface area (Å²) in [5.74, 6) is 0.0355. The molecule has 112 valence electrons. The Bertz CT molecular complexity index is 621. The lowest BCUT2D eigenvalue weighted by Gasteiger charge is -2.07. The smallest absolute Gasteiger partial charge is 0.416 e. The highest BCUT2D eigenvalue weighted by Crippen LogP contribution is 2.32. The molecule has 1 aromatic heterocycles. The summed E-state index contributed by atoms with van der Waals surface area (Å²) < 4.78 is 48.1. The second-order valence-electron chi connectivity index (χ2n) is 4.89. The number of ether oxygens (including phenoxy) is 1. The maximum Gasteiger partial charge on any atom is 0.416 e. The average Bonchev–Trinajstić information content (AvgIpc) is 3.16. The van der Waals surface area contributed by atoms with Crippen molar-refractivity contribution in [2.75, 3.05) is 0 Å². The molecule has 0 unspecified atom stereocenters. The molecule has 1 heterocycles. The minimum atomic E-state index is -4.41. The van der Waals surface area contributed by atoms with E-state index in [-0.39, 0.29) is 11.8 Å². The molecule has 7 heteroatoms. The van der Waals surface area contributed by atoms with Crippen LogP contribution in [0.3, 0.4) is 0 Å². The van der Waals surface area contributed by atoms with Gasteiger partial charge >= 0.3 is 12.3 Å². The first-order valence-electron chi connectivity index (χ1n) is 6.53. The first kappa shape index (κ1) is 13.9. The van der Waals surface area contributed by atoms with Gasteiger partial charge in [0.15, 0.2) is 0 Å². The molecule has 1 aromatic carbocycles. The van der Waals surface area contributed by atoms with Crippen molar-refractivity contribution in [1.82, 2.24) is 10.3 Å². The molecule has 1 fully saturated rings. The first-order chi connectivity index (χ1) is 10.0. The van der Waals surface area contributed by atoms with Crippen LogP contribution in [0.25, 0.3) is 0 Å². The van der Waals surface area contributed by atoms with Crippen LogP contribution < -0.4 is 10.1 Å². The summed E-state index contributed by atoms with van der Waals surface area (Å²) in [6, 6.07) is 5.12. The monoisotopic (exact) mass is 298 g/mol. The molecule has 0 atom stereocenters. The summed E-state index contributed by atoms with van der Waals surface area (Å²) in [5.41, 5.74) is -0.119. The fraction of sp³-hybridized carbons (Fsp3) is 0.357. The van der Waals surface area contributed by atoms with Crippen LogP contribution in [0.4, 0.5) is 13.2 Å². The Morgan fingerprint density at radius 1 is 1.33 bits per heavy atom. The van der Waals surface area contributed by atoms with E-state index in [9.17, 15) is 13.2 Å². The van der Waals surface area contributed by atoms with Gasteiger partial charge in [0, 0.05) is 12.6 Å². The molecular weight excluding hydrogens is 285 g/mol. The lowest BCUT2D eigenvalue weighted by Crippen LogP contribution is -2.15. The standard InChI is InChI=1S/C14H13F3N2O2/c15-14(16,17)9-2-1-3-12(6-9)21-13-19-11(8-20-13)7-18-10-4-5-10/h1-3,6,8,10,18H,4-5,7H2. The van der Waals surface area contributed by atoms with E-state index >= 15 is 0 Å². The van der Waals surface area contributed by atoms with E-state index in [1.54, 1.807) is 0 Å². The molecule has 21 heavy (non-hydrogen) atoms. The van der Waals surface area contributed by atoms with E-state index in [1.165, 1.54) is 18.4 Å². The zero-order chi connectivity index (χ0) is 14.9. The molecule has 0 amide bonds. The second-order valence-corrected chi connectivity index (χ2v) is 4.89. The Morgan fingerprint density at radius 3 is 2.86 bits per heavy atom. The zero-order valence-corrected chi connectivity index (χ0v) is 11.0. The predicted octanol–water partition coefficient (Wildman–Crippen LogP) is 3.74. The number of hydrogen-bond donors (Lipinski definition) is 1. The summed E-state index contributed by atoms with van der Waals surface area (Å²) in [6.07, 6.45) is -0.730. The SMILES string of the molecule is FC(F)(F)c1cccc(Oc2nc(CNC3CC3)co2)c1. The average molecular weight is 298 g/mol. The molecule has 0 spiro atoms. The van der Waals surface area contributed by atoms with Gasteiger partial charge in [0.05, 0.1) is 11.3 Å². The van der Waals surface area contributed by atoms with E-state index in [0.29, 0.717) is 18.3 Å². The fourth-order valence-electron chi connectivity index (χ4n) is 1.79. The molecule has 3 rings (SSSR count). The van der Waals surface area contributed by atoms with Gasteiger partial charge in [-0.2, -0.15) is 18.2 Å². The first-order valence-corrected chi connectivity index (χ1v) is 6.53. The van der Waals surface area contributed by atoms with Crippen molar-refractivity contribution >= 4 is 0 Å². The molecule has 1 N–H and O–H groups in total. The van der Waals surface area contributed by atoms with Crippen LogP contribution in [-0.4, -0.2) is 11.0 Å². The largest absolute Gasteiger partial charge is 0.417 e. The van der Waals surface area contributed by atoms with Crippen molar-refractivity contribution in [1.29, 1.82) is 0 Å². The Kier molecular flexibility index (Phi) is 3.59. The van der Waals surface area contributed by atoms with Crippen molar-refractivity contribution in [2.45, 2.75) is 31.6 Å². The Balaban J connectivity index is 1.65. The van der Waals surface area contributed by atoms with Gasteiger partial charge in [-0.25, -0.2) is 0 Å². The normalized spacial score (nSPS) is 15.2. The summed E-state index contributed by atoms with van der Waals surface area (Å²) in [6.45, 7) is 0.556. The van der Waals surface area contributed by atoms with Crippen LogP contribution in [0, 0.1) is 0 Å². The summed E-state index contributed by atoms with van der Waals surface area (Å²) in [7, 11) is 0. The number of aromatic nitrogens is 1. The predicted molar refractivity (Wildman–Crippen MR) is 67.9 cm³/mol. The minimum Gasteiger partial charge on any atom is -0.417 e. The molecule has 1 aliphatic rings. The number of alkyl halides is 3. The third kappa shape index (κ3) is 3.75. The number of benzene rings is 1. The van der Waals surface area contributed by atoms with Crippen molar-refractivity contribution < 1.29 is 22.3 Å². The molecular formula is C14H13F3N2O2. The lowest BCUT2D eigenvalue weighted by atomic mass is 10.2. The third-order valence-electron chi connectivity index (χ3n) is 3.05. The van der Waals surface area contributed by atoms with Gasteiger partial charge in [-0.1, -0.05) is 6.07 Å². The Hall–Kier alpha value is -2.02. The van der Waals surface area contributed by atoms with Gasteiger partial charge in [0.2, 0.25) is 0 Å². The van der Waals surface area contributed by atoms with Crippen LogP contribution in [-0.2, 0) is 12.7 Å². The summed E-state index contributed by atoms with van der Waals surface area (Å²) >= 11 is 0. The van der Waals surface area contributed by atoms with Crippen LogP contribution in [0.1, 0.15) is 24.1 Å². The van der Waals surface area contributed by atoms with Gasteiger partial charge < -0.3 is 14.5 Å². The second kappa shape index (κ2) is 5.40. The molecule has 0 aliphatic heterocycles. The third-order valence-corrected chi connectivity index (χ3v) is 3.05. The number of hydrogen-bond acceptors (Lipinski definition) is 4. The van der Waals surface area contributed by atoms with Gasteiger partial charge in [0.25, 0.3) is 0 Å². The van der Waals surface area contributed by atoms with E-state index < -0.39 is 11.7 Å². The van der Waals surface area contributed by atoms with Gasteiger partial charge in [-0.05, 0) is 31.0 Å². The van der Waals surface area contributed by atoms with Crippen LogP contribution >= 0.6 is 0 Å². The van der Waals surface area contributed by atoms with Crippen molar-refractivity contribution in [3.8, 4) is 11.8 Å². The number of halogens is 3. The maximum absolute atomic E-state index is 12.6. The van der Waals surface area contributed by atoms with E-state index in [2.05, 4.69) is 10.3 Å². The minimum absolute atomic E-state index is 0.0355. The molecule has 0 radical (unpaired) electrons. The Labute approximate surface area is 118 Å². The van der Waals surface area contributed by atoms with Gasteiger partial charge in [0.1, 0.15) is 12.0 Å². The van der Waals surface area contributed by atoms with Gasteiger partial charge in [-0.3, -0.25) is 0 Å². The van der Waals surface area contributed by atoms with Crippen molar-refractivity contribution in [3.63, 3.8) is 0 Å². The lowest BCUT2D eigenvalue weighted by molar-refractivity contribution is -0.137. The topological polar surface area (TPSA) is 47.3 Å². The molecule has 1 aliphatic carbocycles. The van der Waals surface area contributed by atoms with Crippen molar-refractivity contribution in [2.24, 2.45) is 0 Å². The highest BCUT2D eigenvalue weighted by molar-refractivity contribution is 5.31. The summed E-state index contributed by atoms with van der Waals surface area (Å²) in [4.78, 5) is 4.06. The van der Waals surface area contributed by atoms with Crippen LogP contribution in [0.5, 0.6) is 11.8 Å². The number of nitrogens with zero attached hydrogens (tertiary/aromatic N) is 1. The number of nitrogens with one attached hydrogen (secondary N) is 1. The molecule has 0 bridgehead atoms. The highest BCUT2D eigenvalue weighted by atomic mass is 19.4. The quantitative estimate of drug-likeness (QED) is 0.913.